The average Bonchev–Trinajstić information content (AvgIpc) is 0.385. The zero-order valence-corrected chi connectivity index (χ0v) is 59.3. The number of hydrogen-bond acceptors (Lipinski definition) is 0. The summed E-state index contributed by atoms with van der Waals surface area (Å²) in [6.45, 7) is 0. The Morgan fingerprint density at radius 3 is 0.568 bits per heavy atom. The van der Waals surface area contributed by atoms with E-state index in [-0.39, 0.29) is 0 Å². The second-order valence-electron chi connectivity index (χ2n) is 75.5. The molecule has 0 amide bonds. The van der Waals surface area contributed by atoms with Gasteiger partial charge in [0.25, 0.3) is 0 Å². The summed E-state index contributed by atoms with van der Waals surface area (Å²) < 4.78 is 0. The van der Waals surface area contributed by atoms with E-state index in [0.717, 1.165) is 195 Å². The minimum atomic E-state index is 1.07. The van der Waals surface area contributed by atoms with Gasteiger partial charge in [0.05, 0.1) is 0 Å². The van der Waals surface area contributed by atoms with E-state index in [4.69, 9.17) is 0 Å². The third-order valence-electron chi connectivity index (χ3n) is 105. The van der Waals surface area contributed by atoms with Crippen molar-refractivity contribution in [3.63, 3.8) is 0 Å². The molecule has 70 spiro atoms. The maximum atomic E-state index is 2.00. The van der Waals surface area contributed by atoms with Crippen LogP contribution in [-0.4, -0.2) is 0 Å². The SMILES string of the molecule is C1C[C@@H]2C3C4C5C6C7C8C9C%10C%11CC%12C%13C%14C%15C%16C%17C%18C[C@@H]%19[C@H]%20[C@H]%21[C@H]%22[C@H]%23[C@H]%24[C@H]%25[C@H]%26[C@@H]%27[C@@H]%28C%29CC1C1C%30C%31C%32C%33C%34C%29C%28%29C%34%28C%33%34C%32%33C%31%32C%30%31C12C31C42C53C64C75C86C97C%108C%12%11C%139C%14%10C%15%11C%16%12C%17%13C%18%19C%20%14C%21%15C%22%16C%23%17C%24%18C%25%19C%26%20C%27%29C%28%21C%34%22C%33%23C%32%24C%311C21C32C43C54C65C76C98C%107C%118C%129C%13%14C%15%10C%16%11C%17%12C%18%13C%19%14C%20%21C%22%15C%23%16C%241C21C32C43C54C76C85C9%10C%116C%127C%138C%14%15C%161C28C37C546. The zero-order valence-electron chi connectivity index (χ0n) is 59.3. The van der Waals surface area contributed by atoms with Gasteiger partial charge in [-0.15, -0.1) is 0 Å². The molecule has 111 heavy (non-hydrogen) atoms. The van der Waals surface area contributed by atoms with Crippen LogP contribution < -0.4 is 0 Å². The molecule has 0 radical (unpaired) electrons. The fourth-order valence-electron chi connectivity index (χ4n) is 141. The van der Waals surface area contributed by atoms with Crippen molar-refractivity contribution in [2.24, 2.45) is 440 Å². The molecule has 95 unspecified atom stereocenters. The van der Waals surface area contributed by atoms with Gasteiger partial charge in [-0.25, -0.2) is 0 Å². The van der Waals surface area contributed by atoms with Crippen LogP contribution in [0.1, 0.15) is 32.1 Å². The lowest BCUT2D eigenvalue weighted by Crippen LogP contribution is -3.80. The van der Waals surface area contributed by atoms with Gasteiger partial charge in [-0.1, -0.05) is 0 Å². The van der Waals surface area contributed by atoms with Crippen LogP contribution in [0.4, 0.5) is 0 Å². The topological polar surface area (TPSA) is 0 Å². The summed E-state index contributed by atoms with van der Waals surface area (Å²) in [5.41, 5.74) is 80.9. The van der Waals surface area contributed by atoms with E-state index in [2.05, 4.69) is 0 Å². The Hall–Kier alpha value is 0. The van der Waals surface area contributed by atoms with Crippen molar-refractivity contribution >= 4 is 0 Å². The highest BCUT2D eigenvalue weighted by Gasteiger charge is 3.92. The van der Waals surface area contributed by atoms with Crippen molar-refractivity contribution in [3.05, 3.63) is 152 Å². The van der Waals surface area contributed by atoms with Gasteiger partial charge >= 0.3 is 0 Å². The molecule has 89 aliphatic carbocycles. The number of hydrogen-bond donors (Lipinski definition) is 0. The van der Waals surface area contributed by atoms with E-state index < -0.39 is 0 Å². The Morgan fingerprint density at radius 1 is 0.108 bits per heavy atom. The van der Waals surface area contributed by atoms with Crippen molar-refractivity contribution in [2.45, 2.75) is 32.1 Å². The molecule has 0 aromatic carbocycles. The molecule has 0 aromatic heterocycles. The van der Waals surface area contributed by atoms with Crippen LogP contribution in [-0.2, 0) is 0 Å². The number of rotatable bonds is 0. The first-order valence-electron chi connectivity index (χ1n) is 55.3. The van der Waals surface area contributed by atoms with Crippen molar-refractivity contribution < 1.29 is 0 Å². The van der Waals surface area contributed by atoms with E-state index in [0.29, 0.717) is 0 Å². The maximum absolute atomic E-state index is 2.00. The standard InChI is InChI=1S/C111H46/c1-2-8-16-24-33-38-39-34-27-19-11-4-9-17-25-32-26-18-10-5-12-20-28-35-40-41-37-31-23-15-7-3-6(1)13-21-29-36-30-22-14(7)45(15)52(22)60(30)63(36)59(29)51(21)44(8,13)50(16)58(24)66(33)70(38)68(39)64(34)56(27)48(19)42(9,11)46(17)54(25)62(32)55(26)47(18)43(10,12)49(20)57(28)65(35)69(40)71(41)67(37)61(31)53(23,45)75(52)82(60)85(63)81(59)74(50,51)80(58)88(66)92(70)90(68)86(64)78(56)72(46,48)76(54)84(62)77(55)73(47,49)79(57)87(65)91(69)93(71)89(67)83(61,75)97(82)99(85)96(80,81)102(88)106(92)104(90)100(86)94(76,78)98(84)95(77,79)101(87)105(91)107(93)103(89,97)109(99,102)111(106,107)110(104,105)108(98,100)101/h6-41H,1-5H2/t6?,7?,8-,9?,10?,11?,12-,13?,14?,15+,16?,17?,18?,19?,20+,21?,22?,23+,24?,25?,26?,27?,28+,29?,30?,31-,32?,33?,34?,35+,36?,37-,38?,39?,40+,41-,42?,43?,44?,45?,46?,47?,48?,49?,50?,51?,52?,53?,54?,55?,56?,57?,58?,59?,60?,61?,62?,63?,64?,65?,66?,67?,68?,69?,70?,71?,72?,73?,74?,75?,76?,77?,78?,79?,80?,81?,82?,83?,84?,85?,86?,87?,88?,89?,90?,91?,92?,93?,94?,95?,96?,97?,98?,99?,100?,101?,102?,103?,104?,105?,106?,107?,108?,109?,110?,111?/m1/s1. The maximum Gasteiger partial charge on any atom is -0.000000409 e. The first kappa shape index (κ1) is 33.9. The van der Waals surface area contributed by atoms with Gasteiger partial charge in [0.2, 0.25) is 0 Å². The van der Waals surface area contributed by atoms with Crippen LogP contribution >= 0.6 is 0 Å². The third-order valence-corrected chi connectivity index (χ3v) is 105. The lowest BCUT2D eigenvalue weighted by atomic mass is 8.17. The van der Waals surface area contributed by atoms with E-state index in [1.165, 1.54) is 397 Å². The van der Waals surface area contributed by atoms with E-state index in [1.54, 1.807) is 0 Å². The van der Waals surface area contributed by atoms with Crippen LogP contribution in [0.3, 0.4) is 0 Å². The van der Waals surface area contributed by atoms with E-state index in [1.807, 2.05) is 32.1 Å². The summed E-state index contributed by atoms with van der Waals surface area (Å²) in [5, 5.41) is 0. The first-order valence-corrected chi connectivity index (χ1v) is 55.3. The van der Waals surface area contributed by atoms with Gasteiger partial charge < -0.3 is 0 Å². The summed E-state index contributed by atoms with van der Waals surface area (Å²) in [4.78, 5) is 0. The molecule has 89 rings (SSSR count). The van der Waals surface area contributed by atoms with Crippen LogP contribution in [0.5, 0.6) is 0 Å². The Labute approximate surface area is 619 Å². The summed E-state index contributed by atoms with van der Waals surface area (Å²) in [7, 11) is 0. The molecule has 0 bridgehead atoms. The Kier molecular flexibility index (Phi) is 1.41. The predicted molar refractivity (Wildman–Crippen MR) is 342 cm³/mol. The Balaban J connectivity index is 0.591. The highest BCUT2D eigenvalue weighted by atomic mass is 15.9. The molecule has 0 heterocycles. The quantitative estimate of drug-likeness (QED) is 0.228. The third kappa shape index (κ3) is 0.602. The molecule has 89 aliphatic rings. The Bertz CT molecular complexity index is 9600. The molecular formula is C111H46. The minimum absolute atomic E-state index is 1.07. The van der Waals surface area contributed by atoms with Gasteiger partial charge in [-0.3, -0.25) is 0 Å². The summed E-state index contributed by atoms with van der Waals surface area (Å²) in [6.07, 6.45) is 9.76. The largest absolute Gasteiger partial charge is 0.0498 e. The molecule has 106 atom stereocenters. The van der Waals surface area contributed by atoms with Gasteiger partial charge in [-0.05, 0) is 624 Å². The molecule has 89 fully saturated rings. The highest BCUT2D eigenvalue weighted by molar-refractivity contribution is 6.95. The van der Waals surface area contributed by atoms with Gasteiger partial charge in [0.1, 0.15) is 0 Å². The molecule has 0 heteroatoms. The van der Waals surface area contributed by atoms with Crippen molar-refractivity contribution in [2.75, 3.05) is 0 Å². The van der Waals surface area contributed by atoms with E-state index in [9.17, 15) is 0 Å². The molecule has 0 N–H and O–H groups in total. The van der Waals surface area contributed by atoms with Crippen molar-refractivity contribution in [3.8, 4) is 0 Å². The van der Waals surface area contributed by atoms with Gasteiger partial charge in [-0.2, -0.15) is 0 Å². The lowest BCUT2D eigenvalue weighted by molar-refractivity contribution is -1.15. The fourth-order valence-corrected chi connectivity index (χ4v) is 141. The number of fused-ring (bicyclic) bond motifs is 25. The molecule has 0 aromatic rings. The molecule has 0 aliphatic heterocycles. The summed E-state index contributed by atoms with van der Waals surface area (Å²) in [6, 6.07) is 0. The molecule has 0 nitrogen and oxygen atoms in total. The second-order valence-corrected chi connectivity index (χ2v) is 75.5. The van der Waals surface area contributed by atoms with Crippen LogP contribution in [0.15, 0.2) is 0 Å². The lowest BCUT2D eigenvalue weighted by Gasteiger charge is -3.84. The summed E-state index contributed by atoms with van der Waals surface area (Å²) >= 11 is 0. The second kappa shape index (κ2) is 4.60. The smallest absolute Gasteiger partial charge is 0.000000409 e. The first-order chi connectivity index (χ1) is 55.3. The van der Waals surface area contributed by atoms with Crippen molar-refractivity contribution in [1.82, 2.24) is 0 Å². The molecule has 490 valence electrons. The summed E-state index contributed by atoms with van der Waals surface area (Å²) in [5.74, 6) is 52.3. The zero-order chi connectivity index (χ0) is 59.3. The fraction of sp³-hybridized carbons (Fsp3) is 1.00. The average molecular weight is 1380 g/mol. The minimum Gasteiger partial charge on any atom is -0.0498 e. The van der Waals surface area contributed by atoms with Gasteiger partial charge in [0, 0.05) is 0 Å². The Morgan fingerprint density at radius 2 is 0.288 bits per heavy atom. The van der Waals surface area contributed by atoms with Crippen molar-refractivity contribution in [1.29, 1.82) is 0 Å². The monoisotopic (exact) mass is 1380 g/mol. The molecule has 89 saturated carbocycles. The van der Waals surface area contributed by atoms with Gasteiger partial charge in [0.15, 0.2) is 0 Å². The van der Waals surface area contributed by atoms with Crippen LogP contribution in [0.25, 0.3) is 0 Å². The van der Waals surface area contributed by atoms with Crippen LogP contribution in [0, 0.1) is 592 Å². The van der Waals surface area contributed by atoms with Crippen LogP contribution in [0.2, 0.25) is 0 Å². The highest BCUT2D eigenvalue weighted by Crippen LogP contribution is 3.97. The predicted octanol–water partition coefficient (Wildman–Crippen LogP) is 8.65. The molecular weight excluding hydrogens is 1330 g/mol. The molecule has 0 saturated heterocycles. The van der Waals surface area contributed by atoms with E-state index >= 15 is 0 Å². The normalized spacial score (nSPS) is 157.